The van der Waals surface area contributed by atoms with Crippen molar-refractivity contribution in [2.75, 3.05) is 0 Å². The SMILES string of the molecule is c1ccc(-n2c3ccccc3c3ccc(-c4nc(-c5ccc6ccccc6c5)nc(-c5cccc6oc7ccc8ccc(-n9c%10ccccc%10c%10cc%11ccccc%11cc%109)cc8c7c56)n4)cc32)cc1. The fraction of sp³-hybridized carbons (Fsp3) is 0. The number of hydrogen-bond acceptors (Lipinski definition) is 4. The Morgan fingerprint density at radius 2 is 0.855 bits per heavy atom. The highest BCUT2D eigenvalue weighted by molar-refractivity contribution is 6.23. The fourth-order valence-corrected chi connectivity index (χ4v) is 10.9. The van der Waals surface area contributed by atoms with Crippen molar-refractivity contribution in [3.05, 3.63) is 224 Å². The van der Waals surface area contributed by atoms with E-state index in [4.69, 9.17) is 19.4 Å². The van der Waals surface area contributed by atoms with Gasteiger partial charge in [-0.1, -0.05) is 152 Å². The van der Waals surface area contributed by atoms with Crippen LogP contribution in [0, 0.1) is 0 Å². The Balaban J connectivity index is 0.980. The van der Waals surface area contributed by atoms with Crippen molar-refractivity contribution in [3.63, 3.8) is 0 Å². The molecule has 0 atom stereocenters. The second kappa shape index (κ2) is 14.6. The van der Waals surface area contributed by atoms with E-state index in [1.807, 2.05) is 6.07 Å². The van der Waals surface area contributed by atoms with Crippen LogP contribution in [0.2, 0.25) is 0 Å². The van der Waals surface area contributed by atoms with Gasteiger partial charge >= 0.3 is 0 Å². The van der Waals surface area contributed by atoms with Gasteiger partial charge in [0.1, 0.15) is 11.2 Å². The molecule has 69 heavy (non-hydrogen) atoms. The summed E-state index contributed by atoms with van der Waals surface area (Å²) >= 11 is 0. The van der Waals surface area contributed by atoms with E-state index in [-0.39, 0.29) is 0 Å². The van der Waals surface area contributed by atoms with Gasteiger partial charge in [-0.2, -0.15) is 0 Å². The van der Waals surface area contributed by atoms with Crippen LogP contribution in [0.5, 0.6) is 0 Å². The average Bonchev–Trinajstić information content (AvgIpc) is 4.07. The van der Waals surface area contributed by atoms with Gasteiger partial charge in [-0.25, -0.2) is 15.0 Å². The third-order valence-corrected chi connectivity index (χ3v) is 14.1. The average molecular weight is 880 g/mol. The highest BCUT2D eigenvalue weighted by Gasteiger charge is 2.22. The lowest BCUT2D eigenvalue weighted by Gasteiger charge is -2.12. The molecule has 0 unspecified atom stereocenters. The molecule has 0 aliphatic rings. The zero-order valence-electron chi connectivity index (χ0n) is 37.0. The summed E-state index contributed by atoms with van der Waals surface area (Å²) in [6.07, 6.45) is 0. The van der Waals surface area contributed by atoms with Gasteiger partial charge in [0.15, 0.2) is 17.5 Å². The zero-order valence-corrected chi connectivity index (χ0v) is 37.0. The molecule has 0 fully saturated rings. The third kappa shape index (κ3) is 5.76. The summed E-state index contributed by atoms with van der Waals surface area (Å²) in [6.45, 7) is 0. The number of rotatable bonds is 5. The summed E-state index contributed by atoms with van der Waals surface area (Å²) in [5.74, 6) is 1.76. The Morgan fingerprint density at radius 1 is 0.290 bits per heavy atom. The molecule has 0 saturated heterocycles. The fourth-order valence-electron chi connectivity index (χ4n) is 10.9. The molecule has 0 saturated carbocycles. The summed E-state index contributed by atoms with van der Waals surface area (Å²) in [4.78, 5) is 16.1. The Labute approximate surface area is 394 Å². The standard InChI is InChI=1S/C63H37N5O/c1-2-17-45(18-3-1)67-53-22-10-8-19-47(53)49-31-28-44(36-55(49)67)62-64-61(43-26-25-38-13-4-5-14-40(38)33-43)65-63(66-62)50-21-12-24-57-59(50)60-51-37-46(30-27-39(51)29-32-58(60)69-57)68-54-23-11-9-20-48(54)52-34-41-15-6-7-16-42(41)35-56(52)68/h1-37H. The van der Waals surface area contributed by atoms with Crippen molar-refractivity contribution >= 4 is 97.9 Å². The van der Waals surface area contributed by atoms with Gasteiger partial charge in [-0.3, -0.25) is 0 Å². The molecule has 0 spiro atoms. The minimum Gasteiger partial charge on any atom is -0.456 e. The molecule has 0 bridgehead atoms. The van der Waals surface area contributed by atoms with Crippen molar-refractivity contribution in [2.24, 2.45) is 0 Å². The summed E-state index contributed by atoms with van der Waals surface area (Å²) in [5.41, 5.74) is 11.0. The quantitative estimate of drug-likeness (QED) is 0.173. The highest BCUT2D eigenvalue weighted by atomic mass is 16.3. The molecular formula is C63H37N5O. The predicted octanol–water partition coefficient (Wildman–Crippen LogP) is 16.4. The van der Waals surface area contributed by atoms with Gasteiger partial charge in [0.2, 0.25) is 0 Å². The second-order valence-corrected chi connectivity index (χ2v) is 18.0. The lowest BCUT2D eigenvalue weighted by Crippen LogP contribution is -2.01. The van der Waals surface area contributed by atoms with Crippen LogP contribution in [0.3, 0.4) is 0 Å². The first-order chi connectivity index (χ1) is 34.2. The van der Waals surface area contributed by atoms with E-state index in [1.54, 1.807) is 0 Å². The summed E-state index contributed by atoms with van der Waals surface area (Å²) in [6, 6.07) is 79.8. The molecule has 0 aliphatic carbocycles. The zero-order chi connectivity index (χ0) is 45.2. The number of nitrogens with zero attached hydrogens (tertiary/aromatic N) is 5. The Bertz CT molecular complexity index is 4620. The molecular weight excluding hydrogens is 843 g/mol. The molecule has 4 aromatic heterocycles. The van der Waals surface area contributed by atoms with Gasteiger partial charge in [0.25, 0.3) is 0 Å². The number of aromatic nitrogens is 5. The van der Waals surface area contributed by atoms with Gasteiger partial charge in [-0.15, -0.1) is 0 Å². The van der Waals surface area contributed by atoms with Crippen LogP contribution in [0.15, 0.2) is 229 Å². The van der Waals surface area contributed by atoms with Gasteiger partial charge in [0.05, 0.1) is 22.1 Å². The topological polar surface area (TPSA) is 61.7 Å². The maximum Gasteiger partial charge on any atom is 0.164 e. The van der Waals surface area contributed by atoms with Crippen molar-refractivity contribution in [1.29, 1.82) is 0 Å². The molecule has 4 heterocycles. The van der Waals surface area contributed by atoms with Crippen molar-refractivity contribution in [3.8, 4) is 45.5 Å². The number of furan rings is 1. The van der Waals surface area contributed by atoms with E-state index in [0.717, 1.165) is 93.5 Å². The normalized spacial score (nSPS) is 12.1. The summed E-state index contributed by atoms with van der Waals surface area (Å²) in [7, 11) is 0. The minimum atomic E-state index is 0.572. The summed E-state index contributed by atoms with van der Waals surface area (Å²) in [5, 5.41) is 13.7. The van der Waals surface area contributed by atoms with E-state index >= 15 is 0 Å². The number of benzene rings is 11. The van der Waals surface area contributed by atoms with Crippen LogP contribution in [0.25, 0.3) is 143 Å². The Morgan fingerprint density at radius 3 is 1.65 bits per heavy atom. The highest BCUT2D eigenvalue weighted by Crippen LogP contribution is 2.43. The van der Waals surface area contributed by atoms with Crippen LogP contribution in [-0.4, -0.2) is 24.1 Å². The van der Waals surface area contributed by atoms with Crippen LogP contribution in [-0.2, 0) is 0 Å². The van der Waals surface area contributed by atoms with Gasteiger partial charge in [0, 0.05) is 60.4 Å². The van der Waals surface area contributed by atoms with Crippen LogP contribution < -0.4 is 0 Å². The number of para-hydroxylation sites is 3. The molecule has 6 nitrogen and oxygen atoms in total. The number of fused-ring (bicyclic) bond motifs is 13. The third-order valence-electron chi connectivity index (χ3n) is 14.1. The lowest BCUT2D eigenvalue weighted by atomic mass is 9.99. The molecule has 11 aromatic carbocycles. The first-order valence-corrected chi connectivity index (χ1v) is 23.3. The maximum absolute atomic E-state index is 6.77. The molecule has 0 amide bonds. The minimum absolute atomic E-state index is 0.572. The smallest absolute Gasteiger partial charge is 0.164 e. The molecule has 15 aromatic rings. The lowest BCUT2D eigenvalue weighted by molar-refractivity contribution is 0.669. The maximum atomic E-state index is 6.77. The molecule has 15 rings (SSSR count). The van der Waals surface area contributed by atoms with E-state index < -0.39 is 0 Å². The van der Waals surface area contributed by atoms with Gasteiger partial charge in [-0.05, 0) is 105 Å². The molecule has 6 heteroatoms. The van der Waals surface area contributed by atoms with Crippen LogP contribution in [0.1, 0.15) is 0 Å². The first kappa shape index (κ1) is 37.8. The van der Waals surface area contributed by atoms with Crippen LogP contribution in [0.4, 0.5) is 0 Å². The van der Waals surface area contributed by atoms with E-state index in [9.17, 15) is 0 Å². The van der Waals surface area contributed by atoms with Gasteiger partial charge < -0.3 is 13.6 Å². The van der Waals surface area contributed by atoms with E-state index in [2.05, 4.69) is 228 Å². The van der Waals surface area contributed by atoms with Crippen molar-refractivity contribution in [2.45, 2.75) is 0 Å². The second-order valence-electron chi connectivity index (χ2n) is 18.0. The molecule has 0 radical (unpaired) electrons. The van der Waals surface area contributed by atoms with E-state index in [0.29, 0.717) is 17.5 Å². The molecule has 0 N–H and O–H groups in total. The summed E-state index contributed by atoms with van der Waals surface area (Å²) < 4.78 is 11.5. The molecule has 0 aliphatic heterocycles. The Hall–Kier alpha value is -9.39. The van der Waals surface area contributed by atoms with E-state index in [1.165, 1.54) is 32.4 Å². The van der Waals surface area contributed by atoms with Crippen LogP contribution >= 0.6 is 0 Å². The largest absolute Gasteiger partial charge is 0.456 e. The number of hydrogen-bond donors (Lipinski definition) is 0. The monoisotopic (exact) mass is 879 g/mol. The van der Waals surface area contributed by atoms with Crippen molar-refractivity contribution in [1.82, 2.24) is 24.1 Å². The molecule has 320 valence electrons. The van der Waals surface area contributed by atoms with Crippen molar-refractivity contribution < 1.29 is 4.42 Å². The Kier molecular flexibility index (Phi) is 7.97. The predicted molar refractivity (Wildman–Crippen MR) is 285 cm³/mol. The first-order valence-electron chi connectivity index (χ1n) is 23.3.